The number of ether oxygens (including phenoxy) is 2. The van der Waals surface area contributed by atoms with E-state index >= 15 is 0 Å². The maximum Gasteiger partial charge on any atom is 0.414 e. The number of amides is 2. The lowest BCUT2D eigenvalue weighted by Gasteiger charge is -2.34. The first kappa shape index (κ1) is 23.8. The van der Waals surface area contributed by atoms with Gasteiger partial charge in [-0.15, -0.1) is 11.8 Å². The Morgan fingerprint density at radius 2 is 2.05 bits per heavy atom. The molecule has 2 amide bonds. The average molecular weight is 521 g/mol. The van der Waals surface area contributed by atoms with Crippen molar-refractivity contribution < 1.29 is 19.1 Å². The molecular formula is C26H28N6O4S. The molecule has 0 bridgehead atoms. The number of rotatable bonds is 6. The lowest BCUT2D eigenvalue weighted by atomic mass is 10.0. The molecule has 0 spiro atoms. The number of fused-ring (bicyclic) bond motifs is 2. The van der Waals surface area contributed by atoms with Gasteiger partial charge in [0.15, 0.2) is 0 Å². The maximum atomic E-state index is 12.6. The molecule has 2 fully saturated rings. The molecule has 3 aliphatic heterocycles. The molecule has 5 heterocycles. The van der Waals surface area contributed by atoms with E-state index in [1.807, 2.05) is 42.6 Å². The number of aromatic nitrogens is 2. The number of hydrogen-bond donors (Lipinski definition) is 2. The van der Waals surface area contributed by atoms with Crippen LogP contribution in [0.5, 0.6) is 5.88 Å². The molecular weight excluding hydrogens is 492 g/mol. The van der Waals surface area contributed by atoms with Crippen LogP contribution in [0.3, 0.4) is 0 Å². The molecule has 11 heteroatoms. The van der Waals surface area contributed by atoms with E-state index in [4.69, 9.17) is 9.47 Å². The predicted octanol–water partition coefficient (Wildman–Crippen LogP) is 3.27. The molecule has 3 aromatic rings. The summed E-state index contributed by atoms with van der Waals surface area (Å²) < 4.78 is 10.9. The van der Waals surface area contributed by atoms with E-state index in [0.717, 1.165) is 58.9 Å². The molecule has 2 aromatic heterocycles. The van der Waals surface area contributed by atoms with Crippen molar-refractivity contribution in [3.8, 4) is 5.88 Å². The van der Waals surface area contributed by atoms with Crippen molar-refractivity contribution in [2.75, 3.05) is 54.2 Å². The quantitative estimate of drug-likeness (QED) is 0.506. The van der Waals surface area contributed by atoms with Crippen molar-refractivity contribution in [2.24, 2.45) is 0 Å². The fourth-order valence-electron chi connectivity index (χ4n) is 5.06. The minimum absolute atomic E-state index is 0.0279. The van der Waals surface area contributed by atoms with Crippen LogP contribution in [0.1, 0.15) is 12.8 Å². The maximum absolute atomic E-state index is 12.6. The fraction of sp³-hybridized carbons (Fsp3) is 0.385. The number of piperidine rings is 1. The van der Waals surface area contributed by atoms with Gasteiger partial charge in [0.2, 0.25) is 11.8 Å². The third kappa shape index (κ3) is 4.88. The molecule has 1 atom stereocenters. The third-order valence-corrected chi connectivity index (χ3v) is 8.07. The van der Waals surface area contributed by atoms with Crippen molar-refractivity contribution >= 4 is 51.9 Å². The monoisotopic (exact) mass is 520 g/mol. The lowest BCUT2D eigenvalue weighted by molar-refractivity contribution is -0.113. The van der Waals surface area contributed by atoms with Crippen LogP contribution < -0.4 is 25.2 Å². The lowest BCUT2D eigenvalue weighted by Crippen LogP contribution is -2.45. The van der Waals surface area contributed by atoms with Gasteiger partial charge < -0.3 is 25.0 Å². The van der Waals surface area contributed by atoms with Crippen LogP contribution in [-0.2, 0) is 9.53 Å². The zero-order chi connectivity index (χ0) is 25.4. The van der Waals surface area contributed by atoms with Gasteiger partial charge in [0.1, 0.15) is 11.6 Å². The zero-order valence-corrected chi connectivity index (χ0v) is 21.3. The van der Waals surface area contributed by atoms with E-state index in [1.54, 1.807) is 12.0 Å². The molecule has 2 N–H and O–H groups in total. The van der Waals surface area contributed by atoms with Crippen LogP contribution in [0.2, 0.25) is 0 Å². The second-order valence-electron chi connectivity index (χ2n) is 9.35. The average Bonchev–Trinajstić information content (AvgIpc) is 3.31. The number of nitrogens with one attached hydrogen (secondary N) is 2. The van der Waals surface area contributed by atoms with Crippen LogP contribution in [0.25, 0.3) is 11.0 Å². The number of pyridine rings is 2. The Hall–Kier alpha value is -3.57. The number of methoxy groups -OCH3 is 1. The molecule has 0 unspecified atom stereocenters. The Morgan fingerprint density at radius 1 is 1.19 bits per heavy atom. The van der Waals surface area contributed by atoms with Crippen LogP contribution in [0.4, 0.5) is 21.9 Å². The van der Waals surface area contributed by atoms with Gasteiger partial charge >= 0.3 is 6.09 Å². The Kier molecular flexibility index (Phi) is 6.47. The summed E-state index contributed by atoms with van der Waals surface area (Å²) in [5.41, 5.74) is 4.26. The smallest absolute Gasteiger partial charge is 0.414 e. The fourth-order valence-corrected chi connectivity index (χ4v) is 5.85. The van der Waals surface area contributed by atoms with Crippen molar-refractivity contribution in [2.45, 2.75) is 29.9 Å². The summed E-state index contributed by atoms with van der Waals surface area (Å²) in [5.74, 6) is 0.965. The largest absolute Gasteiger partial charge is 0.481 e. The van der Waals surface area contributed by atoms with Crippen LogP contribution in [0.15, 0.2) is 47.5 Å². The summed E-state index contributed by atoms with van der Waals surface area (Å²) in [4.78, 5) is 38.4. The van der Waals surface area contributed by atoms with E-state index < -0.39 is 0 Å². The molecule has 0 saturated carbocycles. The van der Waals surface area contributed by atoms with Gasteiger partial charge in [0.25, 0.3) is 0 Å². The SMILES string of the molecule is COc1ccc2nccc(N3CCC(NC[C@@H]4CN(c5ccc6c(c5)NC(=O)CS6)C(=O)O4)CC3)c2n1. The highest BCUT2D eigenvalue weighted by atomic mass is 32.2. The Morgan fingerprint density at radius 3 is 2.89 bits per heavy atom. The summed E-state index contributed by atoms with van der Waals surface area (Å²) >= 11 is 1.50. The normalized spacial score (nSPS) is 20.1. The van der Waals surface area contributed by atoms with Crippen molar-refractivity contribution in [1.82, 2.24) is 15.3 Å². The molecule has 10 nitrogen and oxygen atoms in total. The van der Waals surface area contributed by atoms with Gasteiger partial charge in [0, 0.05) is 48.5 Å². The highest BCUT2D eigenvalue weighted by Gasteiger charge is 2.33. The van der Waals surface area contributed by atoms with Crippen molar-refractivity contribution in [3.63, 3.8) is 0 Å². The van der Waals surface area contributed by atoms with Gasteiger partial charge in [-0.1, -0.05) is 0 Å². The number of benzene rings is 1. The Labute approximate surface area is 218 Å². The molecule has 0 radical (unpaired) electrons. The van der Waals surface area contributed by atoms with Gasteiger partial charge in [-0.05, 0) is 43.2 Å². The van der Waals surface area contributed by atoms with Crippen LogP contribution in [0, 0.1) is 0 Å². The first-order chi connectivity index (χ1) is 18.1. The van der Waals surface area contributed by atoms with Crippen molar-refractivity contribution in [3.05, 3.63) is 42.6 Å². The molecule has 3 aliphatic rings. The van der Waals surface area contributed by atoms with Crippen LogP contribution in [-0.4, -0.2) is 73.2 Å². The highest BCUT2D eigenvalue weighted by molar-refractivity contribution is 8.00. The topological polar surface area (TPSA) is 109 Å². The second-order valence-corrected chi connectivity index (χ2v) is 10.4. The van der Waals surface area contributed by atoms with Gasteiger partial charge in [-0.25, -0.2) is 9.78 Å². The molecule has 192 valence electrons. The van der Waals surface area contributed by atoms with E-state index in [9.17, 15) is 9.59 Å². The molecule has 37 heavy (non-hydrogen) atoms. The van der Waals surface area contributed by atoms with Gasteiger partial charge in [-0.2, -0.15) is 0 Å². The number of nitrogens with zero attached hydrogens (tertiary/aromatic N) is 4. The summed E-state index contributed by atoms with van der Waals surface area (Å²) in [7, 11) is 1.62. The molecule has 1 aromatic carbocycles. The van der Waals surface area contributed by atoms with E-state index in [2.05, 4.69) is 25.5 Å². The number of thioether (sulfide) groups is 1. The van der Waals surface area contributed by atoms with E-state index in [-0.39, 0.29) is 18.1 Å². The van der Waals surface area contributed by atoms with Crippen molar-refractivity contribution in [1.29, 1.82) is 0 Å². The summed E-state index contributed by atoms with van der Waals surface area (Å²) in [6.07, 6.45) is 3.18. The number of hydrogen-bond acceptors (Lipinski definition) is 9. The summed E-state index contributed by atoms with van der Waals surface area (Å²) in [5, 5.41) is 6.48. The van der Waals surface area contributed by atoms with Crippen LogP contribution >= 0.6 is 11.8 Å². The van der Waals surface area contributed by atoms with Gasteiger partial charge in [-0.3, -0.25) is 14.7 Å². The van der Waals surface area contributed by atoms with E-state index in [0.29, 0.717) is 30.8 Å². The Balaban J connectivity index is 1.04. The van der Waals surface area contributed by atoms with E-state index in [1.165, 1.54) is 11.8 Å². The second kappa shape index (κ2) is 10.1. The number of carbonyl (C=O) groups excluding carboxylic acids is 2. The standard InChI is InChI=1S/C26H28N6O4S/c1-35-24-5-3-19-25(30-24)21(6-9-27-19)31-10-7-16(8-11-31)28-13-18-14-32(26(34)36-18)17-2-4-22-20(12-17)29-23(33)15-37-22/h2-6,9,12,16,18,28H,7-8,10-11,13-15H2,1H3,(H,29,33)/t18-/m1/s1. The molecule has 0 aliphatic carbocycles. The number of carbonyl (C=O) groups is 2. The summed E-state index contributed by atoms with van der Waals surface area (Å²) in [6.45, 7) is 2.86. The first-order valence-electron chi connectivity index (χ1n) is 12.4. The minimum atomic E-state index is -0.358. The Bertz CT molecular complexity index is 1350. The summed E-state index contributed by atoms with van der Waals surface area (Å²) in [6, 6.07) is 11.8. The first-order valence-corrected chi connectivity index (χ1v) is 13.4. The predicted molar refractivity (Wildman–Crippen MR) is 143 cm³/mol. The molecule has 2 saturated heterocycles. The van der Waals surface area contributed by atoms with Gasteiger partial charge in [0.05, 0.1) is 36.3 Å². The highest BCUT2D eigenvalue weighted by Crippen LogP contribution is 2.35. The number of anilines is 3. The zero-order valence-electron chi connectivity index (χ0n) is 20.5. The third-order valence-electron chi connectivity index (χ3n) is 7.00. The number of cyclic esters (lactones) is 1. The molecule has 6 rings (SSSR count). The minimum Gasteiger partial charge on any atom is -0.481 e.